The molecule has 1 saturated carbocycles. The minimum Gasteiger partial charge on any atom is -0.352 e. The van der Waals surface area contributed by atoms with Crippen molar-refractivity contribution in [2.24, 2.45) is 0 Å². The highest BCUT2D eigenvalue weighted by Gasteiger charge is 2.29. The van der Waals surface area contributed by atoms with Crippen LogP contribution in [-0.4, -0.2) is 28.8 Å². The predicted molar refractivity (Wildman–Crippen MR) is 127 cm³/mol. The number of carbonyl (C=O) groups excluding carboxylic acids is 2. The van der Waals surface area contributed by atoms with E-state index in [0.717, 1.165) is 31.2 Å². The molecule has 166 valence electrons. The van der Waals surface area contributed by atoms with Crippen LogP contribution in [0.15, 0.2) is 42.5 Å². The summed E-state index contributed by atoms with van der Waals surface area (Å²) in [5, 5.41) is 4.66. The van der Waals surface area contributed by atoms with Gasteiger partial charge in [-0.15, -0.1) is 0 Å². The Hall–Kier alpha value is -1.75. The maximum atomic E-state index is 13.3. The smallest absolute Gasteiger partial charge is 0.242 e. The van der Waals surface area contributed by atoms with Crippen molar-refractivity contribution in [2.75, 3.05) is 0 Å². The van der Waals surface area contributed by atoms with Gasteiger partial charge in [-0.1, -0.05) is 71.9 Å². The molecule has 3 rings (SSSR count). The summed E-state index contributed by atoms with van der Waals surface area (Å²) in [6.45, 7) is 1.92. The molecule has 1 aliphatic rings. The zero-order valence-electron chi connectivity index (χ0n) is 17.5. The van der Waals surface area contributed by atoms with Gasteiger partial charge >= 0.3 is 0 Å². The average molecular weight is 482 g/mol. The zero-order valence-corrected chi connectivity index (χ0v) is 19.8. The highest BCUT2D eigenvalue weighted by molar-refractivity contribution is 6.36. The van der Waals surface area contributed by atoms with Crippen molar-refractivity contribution in [1.82, 2.24) is 10.2 Å². The summed E-state index contributed by atoms with van der Waals surface area (Å²) in [5.74, 6) is -0.300. The third-order valence-electron chi connectivity index (χ3n) is 5.83. The lowest BCUT2D eigenvalue weighted by Gasteiger charge is -2.30. The van der Waals surface area contributed by atoms with Gasteiger partial charge in [-0.25, -0.2) is 0 Å². The van der Waals surface area contributed by atoms with Crippen LogP contribution in [0.4, 0.5) is 0 Å². The Morgan fingerprint density at radius 3 is 2.26 bits per heavy atom. The molecule has 7 heteroatoms. The second-order valence-electron chi connectivity index (χ2n) is 7.98. The van der Waals surface area contributed by atoms with Crippen molar-refractivity contribution in [1.29, 1.82) is 0 Å². The van der Waals surface area contributed by atoms with Crippen LogP contribution in [0.3, 0.4) is 0 Å². The minimum atomic E-state index is -0.647. The molecular weight excluding hydrogens is 455 g/mol. The molecule has 2 amide bonds. The summed E-state index contributed by atoms with van der Waals surface area (Å²) < 4.78 is 0. The molecular formula is C24H27Cl3N2O2. The summed E-state index contributed by atoms with van der Waals surface area (Å²) in [4.78, 5) is 27.8. The Kier molecular flexibility index (Phi) is 8.65. The van der Waals surface area contributed by atoms with Crippen molar-refractivity contribution in [2.45, 2.75) is 64.1 Å². The maximum absolute atomic E-state index is 13.3. The Morgan fingerprint density at radius 2 is 1.61 bits per heavy atom. The second kappa shape index (κ2) is 11.2. The van der Waals surface area contributed by atoms with E-state index in [9.17, 15) is 9.59 Å². The SMILES string of the molecule is CC(C(=O)NC1CCCC1)N(Cc1c(Cl)cccc1Cl)C(=O)CCc1ccccc1Cl. The van der Waals surface area contributed by atoms with Crippen molar-refractivity contribution < 1.29 is 9.59 Å². The van der Waals surface area contributed by atoms with Gasteiger partial charge in [-0.05, 0) is 49.9 Å². The Labute approximate surface area is 198 Å². The highest BCUT2D eigenvalue weighted by Crippen LogP contribution is 2.27. The van der Waals surface area contributed by atoms with Gasteiger partial charge in [0.2, 0.25) is 11.8 Å². The predicted octanol–water partition coefficient (Wildman–Crippen LogP) is 6.06. The van der Waals surface area contributed by atoms with Crippen LogP contribution in [0.25, 0.3) is 0 Å². The Balaban J connectivity index is 1.77. The fraction of sp³-hybridized carbons (Fsp3) is 0.417. The van der Waals surface area contributed by atoms with Gasteiger partial charge in [0.05, 0.1) is 0 Å². The normalized spacial score (nSPS) is 15.0. The topological polar surface area (TPSA) is 49.4 Å². The summed E-state index contributed by atoms with van der Waals surface area (Å²) in [5.41, 5.74) is 1.54. The van der Waals surface area contributed by atoms with E-state index in [1.807, 2.05) is 18.2 Å². The molecule has 0 heterocycles. The molecule has 1 unspecified atom stereocenters. The van der Waals surface area contributed by atoms with Crippen LogP contribution in [-0.2, 0) is 22.6 Å². The molecule has 4 nitrogen and oxygen atoms in total. The number of hydrogen-bond donors (Lipinski definition) is 1. The van der Waals surface area contributed by atoms with Crippen molar-refractivity contribution >= 4 is 46.6 Å². The minimum absolute atomic E-state index is 0.148. The highest BCUT2D eigenvalue weighted by atomic mass is 35.5. The number of carbonyl (C=O) groups is 2. The molecule has 1 atom stereocenters. The lowest BCUT2D eigenvalue weighted by Crippen LogP contribution is -2.49. The molecule has 0 saturated heterocycles. The number of hydrogen-bond acceptors (Lipinski definition) is 2. The molecule has 2 aromatic rings. The number of rotatable bonds is 8. The molecule has 31 heavy (non-hydrogen) atoms. The molecule has 1 fully saturated rings. The van der Waals surface area contributed by atoms with Gasteiger partial charge in [0.25, 0.3) is 0 Å². The van der Waals surface area contributed by atoms with E-state index in [2.05, 4.69) is 5.32 Å². The van der Waals surface area contributed by atoms with Crippen molar-refractivity contribution in [3.05, 3.63) is 68.7 Å². The van der Waals surface area contributed by atoms with E-state index < -0.39 is 6.04 Å². The second-order valence-corrected chi connectivity index (χ2v) is 9.20. The molecule has 2 aromatic carbocycles. The summed E-state index contributed by atoms with van der Waals surface area (Å²) in [6.07, 6.45) is 4.92. The van der Waals surface area contributed by atoms with E-state index in [1.54, 1.807) is 36.1 Å². The number of halogens is 3. The van der Waals surface area contributed by atoms with E-state index in [1.165, 1.54) is 0 Å². The summed E-state index contributed by atoms with van der Waals surface area (Å²) in [6, 6.07) is 12.2. The van der Waals surface area contributed by atoms with E-state index in [-0.39, 0.29) is 30.8 Å². The van der Waals surface area contributed by atoms with Crippen LogP contribution in [0, 0.1) is 0 Å². The van der Waals surface area contributed by atoms with Gasteiger partial charge in [0, 0.05) is 39.6 Å². The van der Waals surface area contributed by atoms with Crippen LogP contribution in [0.2, 0.25) is 15.1 Å². The molecule has 0 aromatic heterocycles. The Morgan fingerprint density at radius 1 is 1.00 bits per heavy atom. The van der Waals surface area contributed by atoms with E-state index >= 15 is 0 Å². The summed E-state index contributed by atoms with van der Waals surface area (Å²) in [7, 11) is 0. The van der Waals surface area contributed by atoms with Gasteiger partial charge in [-0.3, -0.25) is 9.59 Å². The first-order valence-electron chi connectivity index (χ1n) is 10.6. The van der Waals surface area contributed by atoms with Crippen molar-refractivity contribution in [3.63, 3.8) is 0 Å². The van der Waals surface area contributed by atoms with Gasteiger partial charge < -0.3 is 10.2 Å². The zero-order chi connectivity index (χ0) is 22.4. The first kappa shape index (κ1) is 23.9. The van der Waals surface area contributed by atoms with Gasteiger partial charge in [0.15, 0.2) is 0 Å². The number of aryl methyl sites for hydroxylation is 1. The third-order valence-corrected chi connectivity index (χ3v) is 6.90. The first-order chi connectivity index (χ1) is 14.9. The van der Waals surface area contributed by atoms with Gasteiger partial charge in [0.1, 0.15) is 6.04 Å². The first-order valence-corrected chi connectivity index (χ1v) is 11.8. The Bertz CT molecular complexity index is 909. The summed E-state index contributed by atoms with van der Waals surface area (Å²) >= 11 is 18.9. The van der Waals surface area contributed by atoms with Crippen LogP contribution >= 0.6 is 34.8 Å². The average Bonchev–Trinajstić information content (AvgIpc) is 3.25. The maximum Gasteiger partial charge on any atom is 0.242 e. The molecule has 1 aliphatic carbocycles. The van der Waals surface area contributed by atoms with Gasteiger partial charge in [-0.2, -0.15) is 0 Å². The van der Waals surface area contributed by atoms with Crippen LogP contribution < -0.4 is 5.32 Å². The van der Waals surface area contributed by atoms with E-state index in [4.69, 9.17) is 34.8 Å². The fourth-order valence-corrected chi connectivity index (χ4v) is 4.66. The number of amides is 2. The van der Waals surface area contributed by atoms with E-state index in [0.29, 0.717) is 27.1 Å². The molecule has 1 N–H and O–H groups in total. The fourth-order valence-electron chi connectivity index (χ4n) is 3.91. The molecule has 0 spiro atoms. The number of benzene rings is 2. The molecule has 0 bridgehead atoms. The van der Waals surface area contributed by atoms with Crippen LogP contribution in [0.1, 0.15) is 50.2 Å². The van der Waals surface area contributed by atoms with Crippen LogP contribution in [0.5, 0.6) is 0 Å². The standard InChI is InChI=1S/C24H27Cl3N2O2/c1-16(24(31)28-18-8-3-4-9-18)29(15-19-21(26)11-6-12-22(19)27)23(30)14-13-17-7-2-5-10-20(17)25/h2,5-7,10-12,16,18H,3-4,8-9,13-15H2,1H3,(H,28,31). The number of nitrogens with one attached hydrogen (secondary N) is 1. The third kappa shape index (κ3) is 6.38. The largest absolute Gasteiger partial charge is 0.352 e. The number of nitrogens with zero attached hydrogens (tertiary/aromatic N) is 1. The van der Waals surface area contributed by atoms with Crippen molar-refractivity contribution in [3.8, 4) is 0 Å². The lowest BCUT2D eigenvalue weighted by atomic mass is 10.1. The lowest BCUT2D eigenvalue weighted by molar-refractivity contribution is -0.140. The quantitative estimate of drug-likeness (QED) is 0.498. The molecule has 0 radical (unpaired) electrons. The molecule has 0 aliphatic heterocycles. The monoisotopic (exact) mass is 480 g/mol.